The number of hydrogen-bond acceptors (Lipinski definition) is 4. The third kappa shape index (κ3) is 3.16. The second kappa shape index (κ2) is 4.68. The zero-order valence-electron chi connectivity index (χ0n) is 9.22. The molecule has 1 heterocycles. The number of carboxylic acid groups (broad SMARTS) is 1. The number of hydrogen-bond donors (Lipinski definition) is 2. The molecule has 0 bridgehead atoms. The minimum absolute atomic E-state index is 0.110. The van der Waals surface area contributed by atoms with Crippen LogP contribution in [0.2, 0.25) is 0 Å². The molecule has 1 aliphatic heterocycles. The van der Waals surface area contributed by atoms with E-state index in [0.717, 1.165) is 0 Å². The fourth-order valence-corrected chi connectivity index (χ4v) is 3.21. The number of β-amino-alcohol motifs (C(OH)–C–C–N with tert-alkyl or cyclic N) is 1. The standard InChI is InChI=1S/C9H17NO5S/c1-2-9(13)6-10(7-9)16(14,15)5-3-4-8(11)12/h13H,2-7H2,1H3,(H,11,12). The zero-order valence-corrected chi connectivity index (χ0v) is 10.0. The van der Waals surface area contributed by atoms with Gasteiger partial charge in [0.25, 0.3) is 0 Å². The highest BCUT2D eigenvalue weighted by Gasteiger charge is 2.45. The Labute approximate surface area is 94.9 Å². The van der Waals surface area contributed by atoms with Gasteiger partial charge in [-0.15, -0.1) is 0 Å². The minimum atomic E-state index is -3.39. The average Bonchev–Trinajstić information content (AvgIpc) is 2.11. The normalized spacial score (nSPS) is 20.4. The first-order chi connectivity index (χ1) is 7.29. The highest BCUT2D eigenvalue weighted by Crippen LogP contribution is 2.27. The Morgan fingerprint density at radius 3 is 2.44 bits per heavy atom. The summed E-state index contributed by atoms with van der Waals surface area (Å²) in [5.41, 5.74) is -0.889. The Morgan fingerprint density at radius 2 is 2.00 bits per heavy atom. The molecule has 0 aromatic heterocycles. The van der Waals surface area contributed by atoms with Crippen LogP contribution < -0.4 is 0 Å². The second-order valence-corrected chi connectivity index (χ2v) is 6.25. The van der Waals surface area contributed by atoms with E-state index in [2.05, 4.69) is 0 Å². The molecule has 0 radical (unpaired) electrons. The number of sulfonamides is 1. The fraction of sp³-hybridized carbons (Fsp3) is 0.889. The Morgan fingerprint density at radius 1 is 1.44 bits per heavy atom. The molecule has 7 heteroatoms. The van der Waals surface area contributed by atoms with Gasteiger partial charge in [0, 0.05) is 19.5 Å². The van der Waals surface area contributed by atoms with Gasteiger partial charge in [-0.25, -0.2) is 8.42 Å². The Balaban J connectivity index is 2.40. The summed E-state index contributed by atoms with van der Waals surface area (Å²) in [6.07, 6.45) is 0.484. The van der Waals surface area contributed by atoms with Crippen LogP contribution in [0.1, 0.15) is 26.2 Å². The highest BCUT2D eigenvalue weighted by molar-refractivity contribution is 7.89. The van der Waals surface area contributed by atoms with Gasteiger partial charge >= 0.3 is 5.97 Å². The van der Waals surface area contributed by atoms with Crippen LogP contribution in [0.3, 0.4) is 0 Å². The maximum Gasteiger partial charge on any atom is 0.303 e. The van der Waals surface area contributed by atoms with Crippen LogP contribution in [0.25, 0.3) is 0 Å². The van der Waals surface area contributed by atoms with E-state index >= 15 is 0 Å². The lowest BCUT2D eigenvalue weighted by Gasteiger charge is -2.44. The number of rotatable bonds is 6. The van der Waals surface area contributed by atoms with Crippen LogP contribution >= 0.6 is 0 Å². The lowest BCUT2D eigenvalue weighted by molar-refractivity contribution is -0.137. The lowest BCUT2D eigenvalue weighted by atomic mass is 9.94. The molecule has 0 atom stereocenters. The predicted octanol–water partition coefficient (Wildman–Crippen LogP) is -0.362. The van der Waals surface area contributed by atoms with Crippen molar-refractivity contribution in [3.63, 3.8) is 0 Å². The number of carboxylic acids is 1. The molecule has 0 saturated carbocycles. The largest absolute Gasteiger partial charge is 0.481 e. The molecule has 1 saturated heterocycles. The van der Waals surface area contributed by atoms with Gasteiger partial charge in [-0.1, -0.05) is 6.92 Å². The van der Waals surface area contributed by atoms with Crippen LogP contribution in [-0.4, -0.2) is 53.3 Å². The van der Waals surface area contributed by atoms with E-state index in [1.165, 1.54) is 4.31 Å². The molecule has 94 valence electrons. The van der Waals surface area contributed by atoms with Crippen LogP contribution in [0, 0.1) is 0 Å². The van der Waals surface area contributed by atoms with Gasteiger partial charge < -0.3 is 10.2 Å². The summed E-state index contributed by atoms with van der Waals surface area (Å²) in [4.78, 5) is 10.2. The maximum absolute atomic E-state index is 11.6. The molecule has 2 N–H and O–H groups in total. The minimum Gasteiger partial charge on any atom is -0.481 e. The smallest absolute Gasteiger partial charge is 0.303 e. The summed E-state index contributed by atoms with van der Waals surface area (Å²) in [5, 5.41) is 18.1. The predicted molar refractivity (Wildman–Crippen MR) is 57.5 cm³/mol. The average molecular weight is 251 g/mol. The summed E-state index contributed by atoms with van der Waals surface area (Å²) in [5.74, 6) is -1.16. The Hall–Kier alpha value is -0.660. The molecule has 0 unspecified atom stereocenters. The van der Waals surface area contributed by atoms with Gasteiger partial charge in [0.1, 0.15) is 0 Å². The van der Waals surface area contributed by atoms with Crippen molar-refractivity contribution in [1.29, 1.82) is 0 Å². The van der Waals surface area contributed by atoms with Gasteiger partial charge in [-0.05, 0) is 12.8 Å². The van der Waals surface area contributed by atoms with E-state index in [0.29, 0.717) is 6.42 Å². The van der Waals surface area contributed by atoms with Crippen molar-refractivity contribution in [2.24, 2.45) is 0 Å². The zero-order chi connectivity index (χ0) is 12.4. The topological polar surface area (TPSA) is 94.9 Å². The van der Waals surface area contributed by atoms with Crippen molar-refractivity contribution < 1.29 is 23.4 Å². The highest BCUT2D eigenvalue weighted by atomic mass is 32.2. The number of aliphatic hydroxyl groups is 1. The Kier molecular flexibility index (Phi) is 3.92. The van der Waals surface area contributed by atoms with E-state index in [1.807, 2.05) is 0 Å². The van der Waals surface area contributed by atoms with Gasteiger partial charge in [-0.2, -0.15) is 4.31 Å². The van der Waals surface area contributed by atoms with E-state index < -0.39 is 21.6 Å². The molecule has 0 amide bonds. The van der Waals surface area contributed by atoms with Crippen molar-refractivity contribution in [2.75, 3.05) is 18.8 Å². The first-order valence-corrected chi connectivity index (χ1v) is 6.82. The van der Waals surface area contributed by atoms with Gasteiger partial charge in [0.2, 0.25) is 10.0 Å². The molecule has 1 fully saturated rings. The van der Waals surface area contributed by atoms with E-state index in [-0.39, 0.29) is 31.7 Å². The quantitative estimate of drug-likeness (QED) is 0.672. The SMILES string of the molecule is CCC1(O)CN(S(=O)(=O)CCCC(=O)O)C1. The molecule has 0 aromatic rings. The van der Waals surface area contributed by atoms with E-state index in [4.69, 9.17) is 5.11 Å². The number of aliphatic carboxylic acids is 1. The lowest BCUT2D eigenvalue weighted by Crippen LogP contribution is -2.63. The molecule has 6 nitrogen and oxygen atoms in total. The summed E-state index contributed by atoms with van der Waals surface area (Å²) in [6, 6.07) is 0. The summed E-state index contributed by atoms with van der Waals surface area (Å²) >= 11 is 0. The first kappa shape index (κ1) is 13.4. The van der Waals surface area contributed by atoms with Gasteiger partial charge in [0.15, 0.2) is 0 Å². The second-order valence-electron chi connectivity index (χ2n) is 4.16. The summed E-state index contributed by atoms with van der Waals surface area (Å²) in [7, 11) is -3.39. The molecule has 0 spiro atoms. The van der Waals surface area contributed by atoms with Gasteiger partial charge in [0.05, 0.1) is 11.4 Å². The third-order valence-corrected chi connectivity index (χ3v) is 4.64. The molecule has 0 aromatic carbocycles. The van der Waals surface area contributed by atoms with Gasteiger partial charge in [-0.3, -0.25) is 4.79 Å². The van der Waals surface area contributed by atoms with Crippen molar-refractivity contribution in [1.82, 2.24) is 4.31 Å². The molecule has 1 rings (SSSR count). The van der Waals surface area contributed by atoms with Crippen LogP contribution in [-0.2, 0) is 14.8 Å². The molecular formula is C9H17NO5S. The molecule has 1 aliphatic rings. The van der Waals surface area contributed by atoms with Crippen molar-refractivity contribution in [3.05, 3.63) is 0 Å². The monoisotopic (exact) mass is 251 g/mol. The fourth-order valence-electron chi connectivity index (χ4n) is 1.57. The molecule has 16 heavy (non-hydrogen) atoms. The van der Waals surface area contributed by atoms with Crippen molar-refractivity contribution >= 4 is 16.0 Å². The van der Waals surface area contributed by atoms with Crippen LogP contribution in [0.4, 0.5) is 0 Å². The Bertz CT molecular complexity index is 358. The first-order valence-electron chi connectivity index (χ1n) is 5.21. The third-order valence-electron chi connectivity index (χ3n) is 2.79. The molecular weight excluding hydrogens is 234 g/mol. The summed E-state index contributed by atoms with van der Waals surface area (Å²) < 4.78 is 24.4. The van der Waals surface area contributed by atoms with E-state index in [1.54, 1.807) is 6.92 Å². The van der Waals surface area contributed by atoms with Crippen LogP contribution in [0.15, 0.2) is 0 Å². The maximum atomic E-state index is 11.6. The number of carbonyl (C=O) groups is 1. The van der Waals surface area contributed by atoms with Crippen LogP contribution in [0.5, 0.6) is 0 Å². The van der Waals surface area contributed by atoms with E-state index in [9.17, 15) is 18.3 Å². The molecule has 0 aliphatic carbocycles. The van der Waals surface area contributed by atoms with Crippen molar-refractivity contribution in [3.8, 4) is 0 Å². The number of nitrogens with zero attached hydrogens (tertiary/aromatic N) is 1. The summed E-state index contributed by atoms with van der Waals surface area (Å²) in [6.45, 7) is 2.05. The van der Waals surface area contributed by atoms with Crippen molar-refractivity contribution in [2.45, 2.75) is 31.8 Å².